The van der Waals surface area contributed by atoms with E-state index in [2.05, 4.69) is 0 Å². The van der Waals surface area contributed by atoms with Crippen molar-refractivity contribution in [3.05, 3.63) is 0 Å². The first-order valence-electron chi connectivity index (χ1n) is 4.80. The molecule has 0 aliphatic heterocycles. The van der Waals surface area contributed by atoms with Crippen LogP contribution in [0.2, 0.25) is 0 Å². The summed E-state index contributed by atoms with van der Waals surface area (Å²) in [5.74, 6) is -1.71. The lowest BCUT2D eigenvalue weighted by Crippen LogP contribution is -2.41. The Morgan fingerprint density at radius 2 is 1.43 bits per heavy atom. The fourth-order valence-electron chi connectivity index (χ4n) is 1.19. The second-order valence-electron chi connectivity index (χ2n) is 3.79. The van der Waals surface area contributed by atoms with Crippen LogP contribution in [-0.2, 0) is 19.0 Å². The minimum atomic E-state index is -1.28. The molecule has 0 aromatic carbocycles. The highest BCUT2D eigenvalue weighted by molar-refractivity contribution is 5.66. The van der Waals surface area contributed by atoms with Crippen molar-refractivity contribution < 1.29 is 19.0 Å². The van der Waals surface area contributed by atoms with Crippen molar-refractivity contribution in [2.45, 2.75) is 59.7 Å². The first-order valence-corrected chi connectivity index (χ1v) is 4.80. The first-order chi connectivity index (χ1) is 6.25. The normalized spacial score (nSPS) is 12.3. The van der Waals surface area contributed by atoms with Crippen LogP contribution in [0.4, 0.5) is 0 Å². The molecule has 84 valence electrons. The Morgan fingerprint density at radius 3 is 1.64 bits per heavy atom. The largest absolute Gasteiger partial charge is 0.408 e. The standard InChI is InChI=1S/C10H20O4/c1-7(2)12-10(6,13-8(3)4)14-9(5)11/h7-8H,1-6H3. The van der Waals surface area contributed by atoms with E-state index in [0.717, 1.165) is 0 Å². The van der Waals surface area contributed by atoms with Crippen molar-refractivity contribution in [2.75, 3.05) is 0 Å². The number of rotatable bonds is 5. The lowest BCUT2D eigenvalue weighted by molar-refractivity contribution is -0.372. The number of carbonyl (C=O) groups excluding carboxylic acids is 1. The zero-order valence-electron chi connectivity index (χ0n) is 9.79. The summed E-state index contributed by atoms with van der Waals surface area (Å²) in [7, 11) is 0. The Kier molecular flexibility index (Phi) is 5.08. The molecule has 0 saturated heterocycles. The van der Waals surface area contributed by atoms with E-state index in [-0.39, 0.29) is 12.2 Å². The molecule has 0 bridgehead atoms. The van der Waals surface area contributed by atoms with E-state index in [0.29, 0.717) is 0 Å². The van der Waals surface area contributed by atoms with Crippen LogP contribution in [0.1, 0.15) is 41.5 Å². The lowest BCUT2D eigenvalue weighted by Gasteiger charge is -2.31. The molecule has 0 saturated carbocycles. The molecule has 4 nitrogen and oxygen atoms in total. The average Bonchev–Trinajstić information content (AvgIpc) is 1.76. The zero-order valence-corrected chi connectivity index (χ0v) is 9.79. The minimum absolute atomic E-state index is 0.0712. The molecule has 14 heavy (non-hydrogen) atoms. The van der Waals surface area contributed by atoms with Crippen LogP contribution in [-0.4, -0.2) is 24.2 Å². The van der Waals surface area contributed by atoms with Crippen LogP contribution in [0.15, 0.2) is 0 Å². The van der Waals surface area contributed by atoms with Gasteiger partial charge in [0.1, 0.15) is 0 Å². The van der Waals surface area contributed by atoms with Gasteiger partial charge in [0.05, 0.1) is 12.2 Å². The summed E-state index contributed by atoms with van der Waals surface area (Å²) in [6, 6.07) is 0. The van der Waals surface area contributed by atoms with Gasteiger partial charge in [-0.15, -0.1) is 0 Å². The van der Waals surface area contributed by atoms with Crippen LogP contribution in [0.25, 0.3) is 0 Å². The van der Waals surface area contributed by atoms with Crippen LogP contribution in [0.3, 0.4) is 0 Å². The molecule has 0 radical (unpaired) electrons. The molecule has 0 aromatic heterocycles. The van der Waals surface area contributed by atoms with Gasteiger partial charge in [-0.3, -0.25) is 4.79 Å². The fraction of sp³-hybridized carbons (Fsp3) is 0.900. The summed E-state index contributed by atoms with van der Waals surface area (Å²) in [5.41, 5.74) is 0. The molecule has 0 fully saturated rings. The van der Waals surface area contributed by atoms with E-state index < -0.39 is 11.9 Å². The SMILES string of the molecule is CC(=O)OC(C)(OC(C)C)OC(C)C. The number of hydrogen-bond donors (Lipinski definition) is 0. The highest BCUT2D eigenvalue weighted by atomic mass is 16.9. The molecular formula is C10H20O4. The molecule has 0 atom stereocenters. The highest BCUT2D eigenvalue weighted by Crippen LogP contribution is 2.19. The van der Waals surface area contributed by atoms with Gasteiger partial charge in [-0.1, -0.05) is 0 Å². The van der Waals surface area contributed by atoms with Gasteiger partial charge < -0.3 is 14.2 Å². The van der Waals surface area contributed by atoms with E-state index in [4.69, 9.17) is 14.2 Å². The highest BCUT2D eigenvalue weighted by Gasteiger charge is 2.32. The van der Waals surface area contributed by atoms with Crippen LogP contribution in [0, 0.1) is 0 Å². The molecular weight excluding hydrogens is 184 g/mol. The summed E-state index contributed by atoms with van der Waals surface area (Å²) in [5, 5.41) is 0. The third-order valence-corrected chi connectivity index (χ3v) is 1.23. The van der Waals surface area contributed by atoms with Crippen molar-refractivity contribution in [2.24, 2.45) is 0 Å². The van der Waals surface area contributed by atoms with E-state index in [1.165, 1.54) is 6.92 Å². The first kappa shape index (κ1) is 13.4. The number of carbonyl (C=O) groups is 1. The Balaban J connectivity index is 4.40. The molecule has 0 aliphatic rings. The molecule has 0 unspecified atom stereocenters. The Morgan fingerprint density at radius 1 is 1.07 bits per heavy atom. The summed E-state index contributed by atoms with van der Waals surface area (Å²) in [4.78, 5) is 10.8. The fourth-order valence-corrected chi connectivity index (χ4v) is 1.19. The van der Waals surface area contributed by atoms with E-state index >= 15 is 0 Å². The molecule has 0 heterocycles. The van der Waals surface area contributed by atoms with Crippen LogP contribution < -0.4 is 0 Å². The van der Waals surface area contributed by atoms with Crippen molar-refractivity contribution in [1.82, 2.24) is 0 Å². The smallest absolute Gasteiger partial charge is 0.326 e. The molecule has 4 heteroatoms. The predicted octanol–water partition coefficient (Wildman–Crippen LogP) is 2.07. The number of ether oxygens (including phenoxy) is 3. The third-order valence-electron chi connectivity index (χ3n) is 1.23. The van der Waals surface area contributed by atoms with Crippen LogP contribution >= 0.6 is 0 Å². The maximum atomic E-state index is 10.8. The summed E-state index contributed by atoms with van der Waals surface area (Å²) < 4.78 is 15.8. The van der Waals surface area contributed by atoms with Crippen LogP contribution in [0.5, 0.6) is 0 Å². The molecule has 0 amide bonds. The lowest BCUT2D eigenvalue weighted by atomic mass is 10.4. The number of esters is 1. The maximum absolute atomic E-state index is 10.8. The van der Waals surface area contributed by atoms with E-state index in [1.54, 1.807) is 6.92 Å². The Bertz CT molecular complexity index is 177. The maximum Gasteiger partial charge on any atom is 0.326 e. The van der Waals surface area contributed by atoms with Gasteiger partial charge in [0.15, 0.2) is 0 Å². The van der Waals surface area contributed by atoms with E-state index in [1.807, 2.05) is 27.7 Å². The van der Waals surface area contributed by atoms with Gasteiger partial charge in [-0.25, -0.2) is 0 Å². The third kappa shape index (κ3) is 5.94. The minimum Gasteiger partial charge on any atom is -0.408 e. The molecule has 0 spiro atoms. The van der Waals surface area contributed by atoms with Gasteiger partial charge in [0, 0.05) is 13.8 Å². The summed E-state index contributed by atoms with van der Waals surface area (Å²) in [6.45, 7) is 10.3. The average molecular weight is 204 g/mol. The van der Waals surface area contributed by atoms with Crippen molar-refractivity contribution in [3.8, 4) is 0 Å². The Hall–Kier alpha value is -0.610. The monoisotopic (exact) mass is 204 g/mol. The second-order valence-corrected chi connectivity index (χ2v) is 3.79. The van der Waals surface area contributed by atoms with Crippen molar-refractivity contribution >= 4 is 5.97 Å². The van der Waals surface area contributed by atoms with Gasteiger partial charge in [0.25, 0.3) is 0 Å². The predicted molar refractivity (Wildman–Crippen MR) is 52.6 cm³/mol. The van der Waals surface area contributed by atoms with Gasteiger partial charge in [0.2, 0.25) is 0 Å². The number of hydrogen-bond acceptors (Lipinski definition) is 4. The summed E-state index contributed by atoms with van der Waals surface area (Å²) in [6.07, 6.45) is -0.142. The molecule has 0 rings (SSSR count). The van der Waals surface area contributed by atoms with Crippen molar-refractivity contribution in [3.63, 3.8) is 0 Å². The van der Waals surface area contributed by atoms with Gasteiger partial charge >= 0.3 is 11.9 Å². The van der Waals surface area contributed by atoms with Gasteiger partial charge in [-0.2, -0.15) is 0 Å². The molecule has 0 aliphatic carbocycles. The molecule has 0 N–H and O–H groups in total. The topological polar surface area (TPSA) is 44.8 Å². The van der Waals surface area contributed by atoms with Gasteiger partial charge in [-0.05, 0) is 27.7 Å². The molecule has 0 aromatic rings. The van der Waals surface area contributed by atoms with E-state index in [9.17, 15) is 4.79 Å². The Labute approximate surface area is 85.5 Å². The quantitative estimate of drug-likeness (QED) is 0.508. The zero-order chi connectivity index (χ0) is 11.4. The summed E-state index contributed by atoms with van der Waals surface area (Å²) >= 11 is 0. The second kappa shape index (κ2) is 5.32. The van der Waals surface area contributed by atoms with Crippen molar-refractivity contribution in [1.29, 1.82) is 0 Å².